The molecule has 5 nitrogen and oxygen atoms in total. The van der Waals surface area contributed by atoms with Crippen LogP contribution in [0.1, 0.15) is 18.0 Å². The number of rotatable bonds is 3. The Kier molecular flexibility index (Phi) is 6.84. The van der Waals surface area contributed by atoms with E-state index in [2.05, 4.69) is 25.8 Å². The number of hydrogen-bond acceptors (Lipinski definition) is 5. The Balaban J connectivity index is 0.00000132. The lowest BCUT2D eigenvalue weighted by Crippen LogP contribution is -2.45. The first-order chi connectivity index (χ1) is 10.1. The maximum absolute atomic E-state index is 13.1. The van der Waals surface area contributed by atoms with Crippen LogP contribution < -0.4 is 14.8 Å². The van der Waals surface area contributed by atoms with E-state index in [0.29, 0.717) is 6.42 Å². The Labute approximate surface area is 145 Å². The molecule has 2 aliphatic heterocycles. The Bertz CT molecular complexity index is 578. The average Bonchev–Trinajstić information content (AvgIpc) is 2.78. The number of nitrogens with zero attached hydrogens (tertiary/aromatic N) is 2. The molecule has 0 radical (unpaired) electrons. The van der Waals surface area contributed by atoms with E-state index in [0.717, 1.165) is 31.7 Å². The first-order valence-corrected chi connectivity index (χ1v) is 6.80. The largest absolute Gasteiger partial charge is 0.586 e. The summed E-state index contributed by atoms with van der Waals surface area (Å²) in [6.45, 7) is 3.34. The van der Waals surface area contributed by atoms with Gasteiger partial charge in [-0.3, -0.25) is 4.90 Å². The van der Waals surface area contributed by atoms with Gasteiger partial charge >= 0.3 is 6.29 Å². The van der Waals surface area contributed by atoms with Crippen molar-refractivity contribution in [1.82, 2.24) is 10.2 Å². The average molecular weight is 368 g/mol. The van der Waals surface area contributed by atoms with Crippen LogP contribution in [-0.2, 0) is 0 Å². The van der Waals surface area contributed by atoms with Gasteiger partial charge in [0.15, 0.2) is 11.5 Å². The summed E-state index contributed by atoms with van der Waals surface area (Å²) < 4.78 is 35.0. The summed E-state index contributed by atoms with van der Waals surface area (Å²) in [7, 11) is 0. The highest BCUT2D eigenvalue weighted by Gasteiger charge is 2.43. The van der Waals surface area contributed by atoms with Gasteiger partial charge in [0.25, 0.3) is 0 Å². The van der Waals surface area contributed by atoms with E-state index in [-0.39, 0.29) is 42.4 Å². The van der Waals surface area contributed by atoms with Crippen LogP contribution >= 0.6 is 24.8 Å². The van der Waals surface area contributed by atoms with Crippen LogP contribution in [0.3, 0.4) is 0 Å². The minimum atomic E-state index is -3.61. The molecule has 0 unspecified atom stereocenters. The van der Waals surface area contributed by atoms with Crippen molar-refractivity contribution < 1.29 is 18.3 Å². The van der Waals surface area contributed by atoms with Crippen LogP contribution in [0.15, 0.2) is 18.2 Å². The lowest BCUT2D eigenvalue weighted by Gasteiger charge is -2.34. The minimum Gasteiger partial charge on any atom is -0.395 e. The third-order valence-electron chi connectivity index (χ3n) is 3.69. The molecule has 9 heteroatoms. The zero-order valence-corrected chi connectivity index (χ0v) is 13.8. The molecule has 0 bridgehead atoms. The predicted molar refractivity (Wildman–Crippen MR) is 84.6 cm³/mol. The van der Waals surface area contributed by atoms with E-state index in [4.69, 9.17) is 5.26 Å². The number of fused-ring (bicyclic) bond motifs is 1. The van der Waals surface area contributed by atoms with Crippen LogP contribution in [0, 0.1) is 11.3 Å². The Morgan fingerprint density at radius 3 is 2.52 bits per heavy atom. The summed E-state index contributed by atoms with van der Waals surface area (Å²) >= 11 is 0. The number of nitriles is 1. The molecule has 0 aliphatic carbocycles. The Morgan fingerprint density at radius 1 is 1.22 bits per heavy atom. The van der Waals surface area contributed by atoms with E-state index < -0.39 is 6.29 Å². The molecule has 3 rings (SSSR count). The molecule has 1 aromatic carbocycles. The number of ether oxygens (including phenoxy) is 2. The van der Waals surface area contributed by atoms with Gasteiger partial charge in [-0.1, -0.05) is 6.07 Å². The molecular weight excluding hydrogens is 351 g/mol. The molecule has 2 heterocycles. The van der Waals surface area contributed by atoms with Crippen LogP contribution in [0.25, 0.3) is 0 Å². The van der Waals surface area contributed by atoms with Crippen LogP contribution in [-0.4, -0.2) is 37.4 Å². The normalized spacial score (nSPS) is 19.9. The standard InChI is InChI=1S/C14H15F2N3O2.2ClH/c15-14(16)20-12-2-1-10(9-13(12)21-14)11(3-4-17)19-7-5-18-6-8-19;;/h1-2,9,11,18H,3,5-8H2;2*1H/t11-;;/m0../s1. The molecule has 1 fully saturated rings. The van der Waals surface area contributed by atoms with Gasteiger partial charge < -0.3 is 14.8 Å². The summed E-state index contributed by atoms with van der Waals surface area (Å²) in [5.41, 5.74) is 0.790. The van der Waals surface area contributed by atoms with E-state index in [1.54, 1.807) is 12.1 Å². The topological polar surface area (TPSA) is 57.5 Å². The zero-order chi connectivity index (χ0) is 14.9. The highest BCUT2D eigenvalue weighted by Crippen LogP contribution is 2.42. The number of nitrogens with one attached hydrogen (secondary N) is 1. The van der Waals surface area contributed by atoms with Crippen molar-refractivity contribution in [2.45, 2.75) is 18.8 Å². The van der Waals surface area contributed by atoms with Crippen molar-refractivity contribution in [3.63, 3.8) is 0 Å². The third-order valence-corrected chi connectivity index (χ3v) is 3.69. The molecular formula is C14H17Cl2F2N3O2. The lowest BCUT2D eigenvalue weighted by atomic mass is 10.0. The Hall–Kier alpha value is -1.33. The van der Waals surface area contributed by atoms with Crippen molar-refractivity contribution >= 4 is 24.8 Å². The van der Waals surface area contributed by atoms with Crippen molar-refractivity contribution in [3.05, 3.63) is 23.8 Å². The first kappa shape index (κ1) is 19.7. The molecule has 1 aromatic rings. The van der Waals surface area contributed by atoms with Gasteiger partial charge in [-0.15, -0.1) is 33.6 Å². The van der Waals surface area contributed by atoms with Crippen LogP contribution in [0.4, 0.5) is 8.78 Å². The number of alkyl halides is 2. The fourth-order valence-corrected chi connectivity index (χ4v) is 2.71. The second-order valence-electron chi connectivity index (χ2n) is 5.04. The molecule has 128 valence electrons. The second-order valence-corrected chi connectivity index (χ2v) is 5.04. The fourth-order valence-electron chi connectivity index (χ4n) is 2.71. The van der Waals surface area contributed by atoms with Gasteiger partial charge in [0.2, 0.25) is 0 Å². The predicted octanol–water partition coefficient (Wildman–Crippen LogP) is 2.71. The lowest BCUT2D eigenvalue weighted by molar-refractivity contribution is -0.286. The van der Waals surface area contributed by atoms with E-state index in [1.165, 1.54) is 6.07 Å². The summed E-state index contributed by atoms with van der Waals surface area (Å²) in [6, 6.07) is 6.77. The van der Waals surface area contributed by atoms with Crippen molar-refractivity contribution in [3.8, 4) is 17.6 Å². The molecule has 0 spiro atoms. The summed E-state index contributed by atoms with van der Waals surface area (Å²) in [4.78, 5) is 2.18. The third kappa shape index (κ3) is 4.36. The molecule has 1 atom stereocenters. The van der Waals surface area contributed by atoms with Crippen molar-refractivity contribution in [2.75, 3.05) is 26.2 Å². The highest BCUT2D eigenvalue weighted by molar-refractivity contribution is 5.85. The molecule has 2 aliphatic rings. The Morgan fingerprint density at radius 2 is 1.87 bits per heavy atom. The van der Waals surface area contributed by atoms with Gasteiger partial charge in [-0.25, -0.2) is 0 Å². The zero-order valence-electron chi connectivity index (χ0n) is 12.1. The number of piperazine rings is 1. The van der Waals surface area contributed by atoms with E-state index >= 15 is 0 Å². The van der Waals surface area contributed by atoms with Gasteiger partial charge in [-0.05, 0) is 17.7 Å². The quantitative estimate of drug-likeness (QED) is 0.889. The van der Waals surface area contributed by atoms with Gasteiger partial charge in [-0.2, -0.15) is 5.26 Å². The van der Waals surface area contributed by atoms with Gasteiger partial charge in [0.1, 0.15) is 0 Å². The number of halogens is 4. The van der Waals surface area contributed by atoms with Crippen LogP contribution in [0.5, 0.6) is 11.5 Å². The van der Waals surface area contributed by atoms with Gasteiger partial charge in [0.05, 0.1) is 12.5 Å². The van der Waals surface area contributed by atoms with Crippen LogP contribution in [0.2, 0.25) is 0 Å². The molecule has 23 heavy (non-hydrogen) atoms. The maximum atomic E-state index is 13.1. The minimum absolute atomic E-state index is 0. The SMILES string of the molecule is Cl.Cl.N#CC[C@@H](c1ccc2c(c1)OC(F)(F)O2)N1CCNCC1. The van der Waals surface area contributed by atoms with Crippen molar-refractivity contribution in [1.29, 1.82) is 5.26 Å². The monoisotopic (exact) mass is 367 g/mol. The van der Waals surface area contributed by atoms with Crippen molar-refractivity contribution in [2.24, 2.45) is 0 Å². The number of benzene rings is 1. The molecule has 1 N–H and O–H groups in total. The molecule has 0 saturated carbocycles. The highest BCUT2D eigenvalue weighted by atomic mass is 35.5. The molecule has 0 amide bonds. The summed E-state index contributed by atoms with van der Waals surface area (Å²) in [6.07, 6.45) is -3.31. The number of hydrogen-bond donors (Lipinski definition) is 1. The summed E-state index contributed by atoms with van der Waals surface area (Å²) in [5, 5.41) is 12.3. The van der Waals surface area contributed by atoms with Gasteiger partial charge in [0, 0.05) is 32.2 Å². The van der Waals surface area contributed by atoms with E-state index in [1.807, 2.05) is 0 Å². The fraction of sp³-hybridized carbons (Fsp3) is 0.500. The second kappa shape index (κ2) is 7.97. The maximum Gasteiger partial charge on any atom is 0.586 e. The van der Waals surface area contributed by atoms with E-state index in [9.17, 15) is 8.78 Å². The molecule has 1 saturated heterocycles. The first-order valence-electron chi connectivity index (χ1n) is 6.80. The molecule has 0 aromatic heterocycles. The summed E-state index contributed by atoms with van der Waals surface area (Å²) in [5.74, 6) is 0.0512. The smallest absolute Gasteiger partial charge is 0.395 e.